The van der Waals surface area contributed by atoms with Gasteiger partial charge in [0.1, 0.15) is 6.04 Å². The van der Waals surface area contributed by atoms with Gasteiger partial charge in [0.05, 0.1) is 11.1 Å². The lowest BCUT2D eigenvalue weighted by Crippen LogP contribution is -2.49. The van der Waals surface area contributed by atoms with Crippen molar-refractivity contribution in [1.29, 1.82) is 0 Å². The number of imide groups is 1. The summed E-state index contributed by atoms with van der Waals surface area (Å²) in [6, 6.07) is 15.9. The van der Waals surface area contributed by atoms with Gasteiger partial charge in [-0.15, -0.1) is 0 Å². The van der Waals surface area contributed by atoms with Crippen LogP contribution in [0.15, 0.2) is 54.6 Å². The zero-order valence-electron chi connectivity index (χ0n) is 19.5. The highest BCUT2D eigenvalue weighted by Crippen LogP contribution is 2.23. The molecule has 1 fully saturated rings. The van der Waals surface area contributed by atoms with E-state index in [2.05, 4.69) is 5.32 Å². The predicted molar refractivity (Wildman–Crippen MR) is 128 cm³/mol. The van der Waals surface area contributed by atoms with Crippen LogP contribution in [-0.4, -0.2) is 52.1 Å². The average molecular weight is 462 g/mol. The van der Waals surface area contributed by atoms with Crippen molar-refractivity contribution in [1.82, 2.24) is 15.1 Å². The quantitative estimate of drug-likeness (QED) is 0.579. The first kappa shape index (κ1) is 23.7. The molecule has 1 unspecified atom stereocenters. The van der Waals surface area contributed by atoms with Crippen LogP contribution in [0.5, 0.6) is 0 Å². The summed E-state index contributed by atoms with van der Waals surface area (Å²) in [6.45, 7) is 2.25. The van der Waals surface area contributed by atoms with E-state index in [1.165, 1.54) is 4.90 Å². The Kier molecular flexibility index (Phi) is 7.40. The van der Waals surface area contributed by atoms with E-state index in [0.717, 1.165) is 31.2 Å². The Morgan fingerprint density at radius 1 is 0.971 bits per heavy atom. The van der Waals surface area contributed by atoms with E-state index in [1.807, 2.05) is 30.3 Å². The second-order valence-electron chi connectivity index (χ2n) is 9.08. The van der Waals surface area contributed by atoms with Crippen molar-refractivity contribution in [3.8, 4) is 0 Å². The highest BCUT2D eigenvalue weighted by Gasteiger charge is 2.35. The monoisotopic (exact) mass is 461 g/mol. The van der Waals surface area contributed by atoms with Crippen LogP contribution in [0.4, 0.5) is 0 Å². The number of rotatable bonds is 9. The zero-order valence-corrected chi connectivity index (χ0v) is 19.5. The second-order valence-corrected chi connectivity index (χ2v) is 9.08. The molecular formula is C27H31N3O4. The first-order chi connectivity index (χ1) is 16.5. The first-order valence-corrected chi connectivity index (χ1v) is 12.0. The van der Waals surface area contributed by atoms with Crippen LogP contribution in [-0.2, 0) is 16.1 Å². The molecular weight excluding hydrogens is 430 g/mol. The molecule has 1 aliphatic carbocycles. The van der Waals surface area contributed by atoms with Crippen molar-refractivity contribution in [2.75, 3.05) is 6.54 Å². The lowest BCUT2D eigenvalue weighted by atomic mass is 10.1. The molecule has 1 N–H and O–H groups in total. The van der Waals surface area contributed by atoms with Gasteiger partial charge in [0.15, 0.2) is 0 Å². The Morgan fingerprint density at radius 3 is 2.18 bits per heavy atom. The number of nitrogens with one attached hydrogen (secondary N) is 1. The SMILES string of the molecule is CC(C(=O)NC1CCCC1)N(Cc1ccccc1)C(=O)CCCN1C(=O)c2ccccc2C1=O. The third-order valence-electron chi connectivity index (χ3n) is 6.72. The molecule has 0 bridgehead atoms. The maximum absolute atomic E-state index is 13.2. The fraction of sp³-hybridized carbons (Fsp3) is 0.407. The summed E-state index contributed by atoms with van der Waals surface area (Å²) in [5, 5.41) is 3.09. The van der Waals surface area contributed by atoms with Gasteiger partial charge in [-0.2, -0.15) is 0 Å². The minimum absolute atomic E-state index is 0.140. The number of benzene rings is 2. The summed E-state index contributed by atoms with van der Waals surface area (Å²) in [4.78, 5) is 54.1. The number of fused-ring (bicyclic) bond motifs is 1. The Morgan fingerprint density at radius 2 is 1.56 bits per heavy atom. The molecule has 2 aromatic carbocycles. The molecule has 0 spiro atoms. The molecule has 2 aromatic rings. The minimum Gasteiger partial charge on any atom is -0.352 e. The van der Waals surface area contributed by atoms with Gasteiger partial charge in [0.2, 0.25) is 11.8 Å². The van der Waals surface area contributed by atoms with Gasteiger partial charge in [-0.25, -0.2) is 0 Å². The number of nitrogens with zero attached hydrogens (tertiary/aromatic N) is 2. The van der Waals surface area contributed by atoms with E-state index < -0.39 is 6.04 Å². The van der Waals surface area contributed by atoms with Crippen LogP contribution >= 0.6 is 0 Å². The molecule has 7 nitrogen and oxygen atoms in total. The van der Waals surface area contributed by atoms with E-state index in [4.69, 9.17) is 0 Å². The number of carbonyl (C=O) groups excluding carboxylic acids is 4. The topological polar surface area (TPSA) is 86.8 Å². The highest BCUT2D eigenvalue weighted by atomic mass is 16.2. The van der Waals surface area contributed by atoms with E-state index >= 15 is 0 Å². The van der Waals surface area contributed by atoms with Crippen molar-refractivity contribution >= 4 is 23.6 Å². The Bertz CT molecular complexity index is 1030. The average Bonchev–Trinajstić information content (AvgIpc) is 3.45. The summed E-state index contributed by atoms with van der Waals surface area (Å²) in [5.41, 5.74) is 1.75. The van der Waals surface area contributed by atoms with Crippen LogP contribution in [0.25, 0.3) is 0 Å². The molecule has 4 amide bonds. The van der Waals surface area contributed by atoms with Crippen molar-refractivity contribution < 1.29 is 19.2 Å². The maximum Gasteiger partial charge on any atom is 0.261 e. The number of amides is 4. The third-order valence-corrected chi connectivity index (χ3v) is 6.72. The Hall–Kier alpha value is -3.48. The molecule has 34 heavy (non-hydrogen) atoms. The maximum atomic E-state index is 13.2. The van der Waals surface area contributed by atoms with E-state index in [-0.39, 0.29) is 42.6 Å². The largest absolute Gasteiger partial charge is 0.352 e. The van der Waals surface area contributed by atoms with Gasteiger partial charge in [-0.1, -0.05) is 55.3 Å². The smallest absolute Gasteiger partial charge is 0.261 e. The molecule has 178 valence electrons. The predicted octanol–water partition coefficient (Wildman–Crippen LogP) is 3.54. The molecule has 1 atom stereocenters. The van der Waals surface area contributed by atoms with Crippen LogP contribution < -0.4 is 5.32 Å². The van der Waals surface area contributed by atoms with Gasteiger partial charge in [0.25, 0.3) is 11.8 Å². The summed E-state index contributed by atoms with van der Waals surface area (Å²) in [7, 11) is 0. The van der Waals surface area contributed by atoms with E-state index in [9.17, 15) is 19.2 Å². The van der Waals surface area contributed by atoms with Crippen LogP contribution in [0.2, 0.25) is 0 Å². The lowest BCUT2D eigenvalue weighted by molar-refractivity contribution is -0.141. The zero-order chi connectivity index (χ0) is 24.1. The molecule has 4 rings (SSSR count). The summed E-state index contributed by atoms with van der Waals surface area (Å²) >= 11 is 0. The molecule has 0 saturated heterocycles. The molecule has 2 aliphatic rings. The lowest BCUT2D eigenvalue weighted by Gasteiger charge is -2.30. The fourth-order valence-corrected chi connectivity index (χ4v) is 4.73. The molecule has 1 aliphatic heterocycles. The Labute approximate surface area is 200 Å². The molecule has 7 heteroatoms. The van der Waals surface area contributed by atoms with Crippen molar-refractivity contribution in [2.45, 2.75) is 64.1 Å². The standard InChI is InChI=1S/C27H31N3O4/c1-19(25(32)28-21-12-5-6-13-21)30(18-20-10-3-2-4-11-20)24(31)16-9-17-29-26(33)22-14-7-8-15-23(22)27(29)34/h2-4,7-8,10-11,14-15,19,21H,5-6,9,12-13,16-18H2,1H3,(H,28,32). The van der Waals surface area contributed by atoms with Crippen molar-refractivity contribution in [3.63, 3.8) is 0 Å². The van der Waals surface area contributed by atoms with Gasteiger partial charge in [-0.05, 0) is 43.9 Å². The van der Waals surface area contributed by atoms with Crippen LogP contribution in [0, 0.1) is 0 Å². The van der Waals surface area contributed by atoms with Crippen LogP contribution in [0.3, 0.4) is 0 Å². The molecule has 1 heterocycles. The van der Waals surface area contributed by atoms with Crippen LogP contribution in [0.1, 0.15) is 71.7 Å². The normalized spacial score (nSPS) is 16.4. The molecule has 0 radical (unpaired) electrons. The summed E-state index contributed by atoms with van der Waals surface area (Å²) in [6.07, 6.45) is 4.66. The first-order valence-electron chi connectivity index (χ1n) is 12.0. The van der Waals surface area contributed by atoms with Crippen molar-refractivity contribution in [3.05, 3.63) is 71.3 Å². The van der Waals surface area contributed by atoms with Gasteiger partial charge >= 0.3 is 0 Å². The number of hydrogen-bond donors (Lipinski definition) is 1. The number of hydrogen-bond acceptors (Lipinski definition) is 4. The summed E-state index contributed by atoms with van der Waals surface area (Å²) in [5.74, 6) is -0.955. The third kappa shape index (κ3) is 5.19. The number of carbonyl (C=O) groups is 4. The second kappa shape index (κ2) is 10.6. The molecule has 0 aromatic heterocycles. The highest BCUT2D eigenvalue weighted by molar-refractivity contribution is 6.21. The van der Waals surface area contributed by atoms with Gasteiger partial charge in [0, 0.05) is 25.6 Å². The fourth-order valence-electron chi connectivity index (χ4n) is 4.73. The van der Waals surface area contributed by atoms with Crippen molar-refractivity contribution in [2.24, 2.45) is 0 Å². The minimum atomic E-state index is -0.618. The summed E-state index contributed by atoms with van der Waals surface area (Å²) < 4.78 is 0. The van der Waals surface area contributed by atoms with E-state index in [0.29, 0.717) is 24.1 Å². The van der Waals surface area contributed by atoms with Gasteiger partial charge < -0.3 is 10.2 Å². The van der Waals surface area contributed by atoms with Gasteiger partial charge in [-0.3, -0.25) is 24.1 Å². The molecule has 1 saturated carbocycles. The van der Waals surface area contributed by atoms with E-state index in [1.54, 1.807) is 36.1 Å². The Balaban J connectivity index is 1.39.